The second-order valence-electron chi connectivity index (χ2n) is 7.40. The van der Waals surface area contributed by atoms with E-state index in [0.29, 0.717) is 23.8 Å². The van der Waals surface area contributed by atoms with Crippen LogP contribution in [0, 0.1) is 5.92 Å². The Morgan fingerprint density at radius 3 is 2.48 bits per heavy atom. The van der Waals surface area contributed by atoms with Crippen molar-refractivity contribution < 1.29 is 4.74 Å². The highest BCUT2D eigenvalue weighted by Crippen LogP contribution is 2.29. The first kappa shape index (κ1) is 17.2. The highest BCUT2D eigenvalue weighted by Gasteiger charge is 2.39. The summed E-state index contributed by atoms with van der Waals surface area (Å²) in [6.07, 6.45) is 7.08. The molecule has 0 amide bonds. The Morgan fingerprint density at radius 1 is 1.24 bits per heavy atom. The highest BCUT2D eigenvalue weighted by atomic mass is 16.5. The van der Waals surface area contributed by atoms with Crippen LogP contribution in [0.3, 0.4) is 0 Å². The molecule has 3 heteroatoms. The van der Waals surface area contributed by atoms with Crippen LogP contribution in [0.1, 0.15) is 66.7 Å². The van der Waals surface area contributed by atoms with Gasteiger partial charge in [0.05, 0.1) is 12.2 Å². The first-order chi connectivity index (χ1) is 10.0. The van der Waals surface area contributed by atoms with Crippen LogP contribution >= 0.6 is 0 Å². The Balaban J connectivity index is 2.05. The predicted octanol–water partition coefficient (Wildman–Crippen LogP) is 3.43. The SMILES string of the molecule is CCC(C)C1CNC(CC)(CC)CN1CC1CCC(C)O1. The van der Waals surface area contributed by atoms with E-state index in [1.54, 1.807) is 0 Å². The Morgan fingerprint density at radius 2 is 1.95 bits per heavy atom. The van der Waals surface area contributed by atoms with E-state index in [-0.39, 0.29) is 0 Å². The zero-order valence-corrected chi connectivity index (χ0v) is 14.8. The van der Waals surface area contributed by atoms with E-state index in [9.17, 15) is 0 Å². The van der Waals surface area contributed by atoms with Crippen molar-refractivity contribution in [3.8, 4) is 0 Å². The maximum atomic E-state index is 6.10. The third-order valence-electron chi connectivity index (χ3n) is 6.07. The van der Waals surface area contributed by atoms with Crippen LogP contribution in [0.5, 0.6) is 0 Å². The van der Waals surface area contributed by atoms with Crippen molar-refractivity contribution in [3.05, 3.63) is 0 Å². The summed E-state index contributed by atoms with van der Waals surface area (Å²) in [4.78, 5) is 2.75. The van der Waals surface area contributed by atoms with Crippen molar-refractivity contribution in [1.29, 1.82) is 0 Å². The molecule has 2 saturated heterocycles. The van der Waals surface area contributed by atoms with E-state index in [1.807, 2.05) is 0 Å². The van der Waals surface area contributed by atoms with Crippen LogP contribution in [0.15, 0.2) is 0 Å². The van der Waals surface area contributed by atoms with Crippen molar-refractivity contribution in [2.24, 2.45) is 5.92 Å². The lowest BCUT2D eigenvalue weighted by molar-refractivity contribution is -0.0150. The summed E-state index contributed by atoms with van der Waals surface area (Å²) in [5.41, 5.74) is 0.314. The van der Waals surface area contributed by atoms with Crippen LogP contribution in [0.2, 0.25) is 0 Å². The standard InChI is InChI=1S/C18H36N2O/c1-6-14(4)17-11-19-18(7-2,8-3)13-20(17)12-16-10-9-15(5)21-16/h14-17,19H,6-13H2,1-5H3. The second kappa shape index (κ2) is 7.43. The fourth-order valence-corrected chi connectivity index (χ4v) is 4.05. The van der Waals surface area contributed by atoms with Gasteiger partial charge in [0.1, 0.15) is 0 Å². The third kappa shape index (κ3) is 4.00. The number of nitrogens with zero attached hydrogens (tertiary/aromatic N) is 1. The summed E-state index contributed by atoms with van der Waals surface area (Å²) < 4.78 is 6.10. The Labute approximate surface area is 131 Å². The minimum atomic E-state index is 0.314. The lowest BCUT2D eigenvalue weighted by Crippen LogP contribution is -2.66. The van der Waals surface area contributed by atoms with Gasteiger partial charge in [0.2, 0.25) is 0 Å². The first-order valence-corrected chi connectivity index (χ1v) is 9.18. The first-order valence-electron chi connectivity index (χ1n) is 9.18. The van der Waals surface area contributed by atoms with Gasteiger partial charge < -0.3 is 10.1 Å². The molecular weight excluding hydrogens is 260 g/mol. The largest absolute Gasteiger partial charge is 0.374 e. The lowest BCUT2D eigenvalue weighted by Gasteiger charge is -2.50. The number of nitrogens with one attached hydrogen (secondary N) is 1. The monoisotopic (exact) mass is 296 g/mol. The summed E-state index contributed by atoms with van der Waals surface area (Å²) in [6, 6.07) is 0.667. The Bertz CT molecular complexity index is 316. The van der Waals surface area contributed by atoms with E-state index < -0.39 is 0 Å². The van der Waals surface area contributed by atoms with Crippen molar-refractivity contribution in [1.82, 2.24) is 10.2 Å². The van der Waals surface area contributed by atoms with Crippen LogP contribution in [-0.2, 0) is 4.74 Å². The van der Waals surface area contributed by atoms with Gasteiger partial charge in [-0.15, -0.1) is 0 Å². The van der Waals surface area contributed by atoms with E-state index >= 15 is 0 Å². The fraction of sp³-hybridized carbons (Fsp3) is 1.00. The molecule has 2 aliphatic rings. The smallest absolute Gasteiger partial charge is 0.0706 e. The van der Waals surface area contributed by atoms with Gasteiger partial charge in [0.15, 0.2) is 0 Å². The number of rotatable bonds is 6. The average molecular weight is 296 g/mol. The molecule has 2 aliphatic heterocycles. The van der Waals surface area contributed by atoms with Crippen molar-refractivity contribution in [3.63, 3.8) is 0 Å². The molecule has 0 radical (unpaired) electrons. The Hall–Kier alpha value is -0.120. The minimum Gasteiger partial charge on any atom is -0.374 e. The van der Waals surface area contributed by atoms with Crippen LogP contribution in [0.4, 0.5) is 0 Å². The van der Waals surface area contributed by atoms with E-state index in [1.165, 1.54) is 38.6 Å². The summed E-state index contributed by atoms with van der Waals surface area (Å²) in [6.45, 7) is 15.0. The average Bonchev–Trinajstić information content (AvgIpc) is 2.91. The summed E-state index contributed by atoms with van der Waals surface area (Å²) in [5.74, 6) is 0.753. The predicted molar refractivity (Wildman–Crippen MR) is 89.7 cm³/mol. The lowest BCUT2D eigenvalue weighted by atomic mass is 9.85. The summed E-state index contributed by atoms with van der Waals surface area (Å²) in [7, 11) is 0. The van der Waals surface area contributed by atoms with E-state index in [2.05, 4.69) is 44.8 Å². The van der Waals surface area contributed by atoms with Gasteiger partial charge >= 0.3 is 0 Å². The number of hydrogen-bond acceptors (Lipinski definition) is 3. The molecule has 2 rings (SSSR count). The molecule has 0 bridgehead atoms. The molecule has 0 spiro atoms. The molecule has 3 nitrogen and oxygen atoms in total. The molecule has 0 aromatic heterocycles. The third-order valence-corrected chi connectivity index (χ3v) is 6.07. The van der Waals surface area contributed by atoms with Crippen LogP contribution in [-0.4, -0.2) is 48.3 Å². The zero-order valence-electron chi connectivity index (χ0n) is 14.8. The van der Waals surface area contributed by atoms with Gasteiger partial charge in [-0.25, -0.2) is 0 Å². The molecule has 2 heterocycles. The molecule has 0 aliphatic carbocycles. The van der Waals surface area contributed by atoms with Gasteiger partial charge in [0, 0.05) is 31.2 Å². The molecule has 4 atom stereocenters. The molecule has 0 aromatic carbocycles. The Kier molecular flexibility index (Phi) is 6.10. The normalized spacial score (nSPS) is 35.0. The maximum Gasteiger partial charge on any atom is 0.0706 e. The van der Waals surface area contributed by atoms with E-state index in [4.69, 9.17) is 4.74 Å². The molecule has 2 fully saturated rings. The fourth-order valence-electron chi connectivity index (χ4n) is 4.05. The highest BCUT2D eigenvalue weighted by molar-refractivity contribution is 4.98. The summed E-state index contributed by atoms with van der Waals surface area (Å²) >= 11 is 0. The molecule has 0 saturated carbocycles. The summed E-state index contributed by atoms with van der Waals surface area (Å²) in [5, 5.41) is 3.88. The zero-order chi connectivity index (χ0) is 15.5. The molecule has 1 N–H and O–H groups in total. The van der Waals surface area contributed by atoms with Gasteiger partial charge in [0.25, 0.3) is 0 Å². The molecule has 0 aromatic rings. The van der Waals surface area contributed by atoms with Crippen molar-refractivity contribution in [2.45, 2.75) is 90.5 Å². The molecule has 4 unspecified atom stereocenters. The van der Waals surface area contributed by atoms with Gasteiger partial charge in [-0.1, -0.05) is 34.1 Å². The van der Waals surface area contributed by atoms with Gasteiger partial charge in [-0.05, 0) is 38.5 Å². The maximum absolute atomic E-state index is 6.10. The molecule has 124 valence electrons. The van der Waals surface area contributed by atoms with Crippen molar-refractivity contribution in [2.75, 3.05) is 19.6 Å². The molecular formula is C18H36N2O. The van der Waals surface area contributed by atoms with Gasteiger partial charge in [-0.2, -0.15) is 0 Å². The number of ether oxygens (including phenoxy) is 1. The topological polar surface area (TPSA) is 24.5 Å². The molecule has 21 heavy (non-hydrogen) atoms. The number of piperazine rings is 1. The van der Waals surface area contributed by atoms with Crippen LogP contribution < -0.4 is 5.32 Å². The van der Waals surface area contributed by atoms with Gasteiger partial charge in [-0.3, -0.25) is 4.90 Å². The second-order valence-corrected chi connectivity index (χ2v) is 7.40. The van der Waals surface area contributed by atoms with Crippen molar-refractivity contribution >= 4 is 0 Å². The van der Waals surface area contributed by atoms with Crippen LogP contribution in [0.25, 0.3) is 0 Å². The minimum absolute atomic E-state index is 0.314. The van der Waals surface area contributed by atoms with E-state index in [0.717, 1.165) is 19.0 Å². The number of hydrogen-bond donors (Lipinski definition) is 1. The quantitative estimate of drug-likeness (QED) is 0.812.